The molecular weight excluding hydrogens is 488 g/mol. The van der Waals surface area contributed by atoms with Gasteiger partial charge in [-0.3, -0.25) is 4.98 Å². The van der Waals surface area contributed by atoms with Crippen LogP contribution in [0.25, 0.3) is 0 Å². The molecule has 0 amide bonds. The van der Waals surface area contributed by atoms with Crippen molar-refractivity contribution in [2.45, 2.75) is 39.2 Å². The van der Waals surface area contributed by atoms with Crippen molar-refractivity contribution in [3.63, 3.8) is 0 Å². The van der Waals surface area contributed by atoms with Crippen molar-refractivity contribution in [1.29, 1.82) is 0 Å². The first-order valence-corrected chi connectivity index (χ1v) is 13.4. The highest BCUT2D eigenvalue weighted by molar-refractivity contribution is 5.97. The average Bonchev–Trinajstić information content (AvgIpc) is 3.52. The number of phenolic OH excluding ortho intramolecular Hbond substituents is 1. The molecule has 0 atom stereocenters. The van der Waals surface area contributed by atoms with Crippen LogP contribution in [-0.2, 0) is 5.54 Å². The summed E-state index contributed by atoms with van der Waals surface area (Å²) in [5.74, 6) is 0.713. The highest BCUT2D eigenvalue weighted by Crippen LogP contribution is 2.24. The number of aromatic hydroxyl groups is 1. The Hall–Kier alpha value is -4.40. The summed E-state index contributed by atoms with van der Waals surface area (Å²) in [6.45, 7) is 10.3. The fourth-order valence-corrected chi connectivity index (χ4v) is 4.58. The quantitative estimate of drug-likeness (QED) is 0.259. The molecule has 4 aromatic rings. The zero-order valence-corrected chi connectivity index (χ0v) is 23.0. The molecule has 3 heterocycles. The lowest BCUT2D eigenvalue weighted by Crippen LogP contribution is -2.46. The van der Waals surface area contributed by atoms with Crippen LogP contribution in [0.5, 0.6) is 5.75 Å². The highest BCUT2D eigenvalue weighted by Gasteiger charge is 2.19. The van der Waals surface area contributed by atoms with E-state index in [0.717, 1.165) is 44.0 Å². The van der Waals surface area contributed by atoms with Crippen LogP contribution >= 0.6 is 0 Å². The largest absolute Gasteiger partial charge is 0.508 e. The van der Waals surface area contributed by atoms with E-state index < -0.39 is 0 Å². The fraction of sp³-hybridized carbons (Fsp3) is 0.333. The SMILES string of the molecule is CCCC(C)(C)n1cncn1.NC(=Nc1ccc(N2CCN(c3ccc(O)cc3)CC2)cc1)c1ccccn1. The summed E-state index contributed by atoms with van der Waals surface area (Å²) in [5, 5.41) is 13.6. The normalized spacial score (nSPS) is 14.1. The Labute approximate surface area is 230 Å². The molecule has 2 aromatic carbocycles. The Balaban J connectivity index is 0.000000270. The van der Waals surface area contributed by atoms with Gasteiger partial charge in [-0.05, 0) is 80.9 Å². The summed E-state index contributed by atoms with van der Waals surface area (Å²) in [7, 11) is 0. The smallest absolute Gasteiger partial charge is 0.150 e. The van der Waals surface area contributed by atoms with Crippen molar-refractivity contribution < 1.29 is 5.11 Å². The summed E-state index contributed by atoms with van der Waals surface area (Å²) in [6, 6.07) is 21.1. The van der Waals surface area contributed by atoms with Gasteiger partial charge >= 0.3 is 0 Å². The predicted molar refractivity (Wildman–Crippen MR) is 158 cm³/mol. The molecule has 3 N–H and O–H groups in total. The number of piperazine rings is 1. The van der Waals surface area contributed by atoms with Gasteiger partial charge in [0.2, 0.25) is 0 Å². The molecule has 0 aliphatic carbocycles. The number of nitrogens with two attached hydrogens (primary N) is 1. The van der Waals surface area contributed by atoms with Gasteiger partial charge in [0.15, 0.2) is 0 Å². The third kappa shape index (κ3) is 7.56. The van der Waals surface area contributed by atoms with Crippen LogP contribution in [0.4, 0.5) is 17.1 Å². The van der Waals surface area contributed by atoms with E-state index in [1.54, 1.807) is 31.0 Å². The first-order valence-electron chi connectivity index (χ1n) is 13.4. The number of aliphatic imine (C=N–C) groups is 1. The van der Waals surface area contributed by atoms with Gasteiger partial charge in [-0.2, -0.15) is 5.10 Å². The molecule has 0 unspecified atom stereocenters. The molecule has 0 radical (unpaired) electrons. The van der Waals surface area contributed by atoms with Gasteiger partial charge in [-0.25, -0.2) is 14.7 Å². The molecule has 0 spiro atoms. The molecule has 1 saturated heterocycles. The maximum atomic E-state index is 9.44. The van der Waals surface area contributed by atoms with Crippen LogP contribution in [0.3, 0.4) is 0 Å². The third-order valence-electron chi connectivity index (χ3n) is 6.79. The van der Waals surface area contributed by atoms with Crippen molar-refractivity contribution in [2.24, 2.45) is 10.7 Å². The number of phenols is 1. The number of hydrogen-bond donors (Lipinski definition) is 2. The molecule has 1 aliphatic heterocycles. The molecule has 9 nitrogen and oxygen atoms in total. The lowest BCUT2D eigenvalue weighted by molar-refractivity contribution is 0.292. The van der Waals surface area contributed by atoms with E-state index in [4.69, 9.17) is 5.73 Å². The van der Waals surface area contributed by atoms with Gasteiger partial charge in [-0.15, -0.1) is 0 Å². The van der Waals surface area contributed by atoms with Crippen LogP contribution in [0.2, 0.25) is 0 Å². The van der Waals surface area contributed by atoms with Crippen molar-refractivity contribution in [2.75, 3.05) is 36.0 Å². The van der Waals surface area contributed by atoms with Crippen molar-refractivity contribution in [3.8, 4) is 5.75 Å². The second-order valence-electron chi connectivity index (χ2n) is 10.1. The second-order valence-corrected chi connectivity index (χ2v) is 10.1. The van der Waals surface area contributed by atoms with Crippen LogP contribution in [0, 0.1) is 0 Å². The highest BCUT2D eigenvalue weighted by atomic mass is 16.3. The predicted octanol–water partition coefficient (Wildman–Crippen LogP) is 4.96. The summed E-state index contributed by atoms with van der Waals surface area (Å²) in [5.41, 5.74) is 9.98. The molecular formula is C30H38N8O. The van der Waals surface area contributed by atoms with Crippen molar-refractivity contribution >= 4 is 22.9 Å². The van der Waals surface area contributed by atoms with Crippen LogP contribution in [0.1, 0.15) is 39.3 Å². The Bertz CT molecular complexity index is 1300. The lowest BCUT2D eigenvalue weighted by Gasteiger charge is -2.37. The maximum Gasteiger partial charge on any atom is 0.150 e. The molecule has 204 valence electrons. The van der Waals surface area contributed by atoms with E-state index in [0.29, 0.717) is 17.3 Å². The molecule has 1 fully saturated rings. The summed E-state index contributed by atoms with van der Waals surface area (Å²) in [4.78, 5) is 17.3. The zero-order chi connectivity index (χ0) is 27.7. The van der Waals surface area contributed by atoms with Crippen molar-refractivity contribution in [1.82, 2.24) is 19.7 Å². The Morgan fingerprint density at radius 2 is 1.54 bits per heavy atom. The molecule has 5 rings (SSSR count). The minimum atomic E-state index is 0.116. The average molecular weight is 527 g/mol. The molecule has 0 bridgehead atoms. The minimum absolute atomic E-state index is 0.116. The number of amidine groups is 1. The summed E-state index contributed by atoms with van der Waals surface area (Å²) in [6.07, 6.45) is 7.37. The van der Waals surface area contributed by atoms with Crippen LogP contribution < -0.4 is 15.5 Å². The Morgan fingerprint density at radius 3 is 2.05 bits per heavy atom. The van der Waals surface area contributed by atoms with Gasteiger partial charge in [0.05, 0.1) is 11.2 Å². The molecule has 9 heteroatoms. The van der Waals surface area contributed by atoms with Gasteiger partial charge < -0.3 is 20.6 Å². The second kappa shape index (κ2) is 12.9. The molecule has 0 saturated carbocycles. The molecule has 39 heavy (non-hydrogen) atoms. The van der Waals surface area contributed by atoms with Gasteiger partial charge in [0, 0.05) is 43.8 Å². The van der Waals surface area contributed by atoms with Crippen molar-refractivity contribution in [3.05, 3.63) is 91.3 Å². The number of pyridine rings is 1. The maximum absolute atomic E-state index is 9.44. The van der Waals surface area contributed by atoms with E-state index in [-0.39, 0.29) is 5.54 Å². The van der Waals surface area contributed by atoms with Crippen LogP contribution in [0.15, 0.2) is 90.6 Å². The van der Waals surface area contributed by atoms with Gasteiger partial charge in [0.1, 0.15) is 29.9 Å². The van der Waals surface area contributed by atoms with E-state index in [1.807, 2.05) is 47.1 Å². The lowest BCUT2D eigenvalue weighted by atomic mass is 10.00. The number of nitrogens with zero attached hydrogens (tertiary/aromatic N) is 7. The fourth-order valence-electron chi connectivity index (χ4n) is 4.58. The van der Waals surface area contributed by atoms with Crippen LogP contribution in [-0.4, -0.2) is 56.9 Å². The first-order chi connectivity index (χ1) is 18.9. The third-order valence-corrected chi connectivity index (χ3v) is 6.79. The van der Waals surface area contributed by atoms with E-state index >= 15 is 0 Å². The summed E-state index contributed by atoms with van der Waals surface area (Å²) >= 11 is 0. The number of anilines is 2. The Kier molecular flexibility index (Phi) is 9.14. The first kappa shape index (κ1) is 27.6. The van der Waals surface area contributed by atoms with E-state index in [9.17, 15) is 5.11 Å². The zero-order valence-electron chi connectivity index (χ0n) is 23.0. The molecule has 2 aromatic heterocycles. The molecule has 1 aliphatic rings. The van der Waals surface area contributed by atoms with Gasteiger partial charge in [-0.1, -0.05) is 19.4 Å². The van der Waals surface area contributed by atoms with Gasteiger partial charge in [0.25, 0.3) is 0 Å². The van der Waals surface area contributed by atoms with E-state index in [2.05, 4.69) is 62.8 Å². The van der Waals surface area contributed by atoms with E-state index in [1.165, 1.54) is 12.1 Å². The number of aromatic nitrogens is 4. The summed E-state index contributed by atoms with van der Waals surface area (Å²) < 4.78 is 1.91. The number of benzene rings is 2. The monoisotopic (exact) mass is 526 g/mol. The number of hydrogen-bond acceptors (Lipinski definition) is 7. The Morgan fingerprint density at radius 1 is 0.923 bits per heavy atom. The number of rotatable bonds is 7. The topological polar surface area (TPSA) is 109 Å². The minimum Gasteiger partial charge on any atom is -0.508 e. The standard InChI is InChI=1S/C22H23N5O.C8H15N3/c23-22(21-3-1-2-12-24-21)25-17-4-6-18(7-5-17)26-13-15-27(16-14-26)19-8-10-20(28)11-9-19;1-4-5-8(2,3)11-7-9-6-10-11/h1-12,28H,13-16H2,(H2,23,25);6-7H,4-5H2,1-3H3.